The third-order valence-corrected chi connectivity index (χ3v) is 3.44. The van der Waals surface area contributed by atoms with Crippen molar-refractivity contribution >= 4 is 34.7 Å². The number of hydrogen-bond acceptors (Lipinski definition) is 5. The van der Waals surface area contributed by atoms with Crippen molar-refractivity contribution in [2.45, 2.75) is 0 Å². The summed E-state index contributed by atoms with van der Waals surface area (Å²) in [6, 6.07) is 15.0. The lowest BCUT2D eigenvalue weighted by atomic mass is 10.2. The van der Waals surface area contributed by atoms with Crippen LogP contribution < -0.4 is 0 Å². The molecule has 0 unspecified atom stereocenters. The topological polar surface area (TPSA) is 71.8 Å². The van der Waals surface area contributed by atoms with Crippen LogP contribution in [0.4, 0.5) is 0 Å². The van der Waals surface area contributed by atoms with Gasteiger partial charge in [-0.05, 0) is 36.4 Å². The lowest BCUT2D eigenvalue weighted by molar-refractivity contribution is 0.0519. The molecule has 23 heavy (non-hydrogen) atoms. The molecule has 0 spiro atoms. The van der Waals surface area contributed by atoms with E-state index in [-0.39, 0.29) is 16.5 Å². The summed E-state index contributed by atoms with van der Waals surface area (Å²) in [6.45, 7) is 0. The molecule has 114 valence electrons. The first-order valence-electron chi connectivity index (χ1n) is 6.72. The second-order valence-corrected chi connectivity index (χ2v) is 5.08. The van der Waals surface area contributed by atoms with E-state index >= 15 is 0 Å². The highest BCUT2D eigenvalue weighted by Crippen LogP contribution is 2.19. The van der Waals surface area contributed by atoms with E-state index in [9.17, 15) is 9.90 Å². The molecule has 6 heteroatoms. The maximum Gasteiger partial charge on any atom is 0.365 e. The van der Waals surface area contributed by atoms with Crippen LogP contribution in [0.2, 0.25) is 5.15 Å². The molecule has 0 saturated carbocycles. The first-order valence-corrected chi connectivity index (χ1v) is 7.10. The molecule has 0 aliphatic heterocycles. The van der Waals surface area contributed by atoms with E-state index in [4.69, 9.17) is 16.4 Å². The van der Waals surface area contributed by atoms with Crippen LogP contribution in [0, 0.1) is 0 Å². The lowest BCUT2D eigenvalue weighted by Gasteiger charge is -2.01. The largest absolute Gasteiger partial charge is 0.508 e. The van der Waals surface area contributed by atoms with Crippen LogP contribution in [0.3, 0.4) is 0 Å². The molecule has 0 fully saturated rings. The van der Waals surface area contributed by atoms with Gasteiger partial charge in [-0.3, -0.25) is 0 Å². The fourth-order valence-corrected chi connectivity index (χ4v) is 2.17. The SMILES string of the molecule is O=C(O/N=C/c1cc2ccccc2nc1Cl)c1ccc(O)cc1. The number of hydrogen-bond donors (Lipinski definition) is 1. The predicted molar refractivity (Wildman–Crippen MR) is 87.9 cm³/mol. The Morgan fingerprint density at radius 2 is 1.91 bits per heavy atom. The molecule has 0 atom stereocenters. The molecule has 3 rings (SSSR count). The van der Waals surface area contributed by atoms with E-state index in [1.54, 1.807) is 0 Å². The smallest absolute Gasteiger partial charge is 0.365 e. The summed E-state index contributed by atoms with van der Waals surface area (Å²) < 4.78 is 0. The molecule has 1 N–H and O–H groups in total. The van der Waals surface area contributed by atoms with Crippen molar-refractivity contribution in [1.29, 1.82) is 0 Å². The Kier molecular flexibility index (Phi) is 4.21. The fourth-order valence-electron chi connectivity index (χ4n) is 1.98. The van der Waals surface area contributed by atoms with E-state index in [0.717, 1.165) is 10.9 Å². The quantitative estimate of drug-likeness (QED) is 0.344. The number of aromatic nitrogens is 1. The molecule has 0 radical (unpaired) electrons. The van der Waals surface area contributed by atoms with Crippen LogP contribution >= 0.6 is 11.6 Å². The van der Waals surface area contributed by atoms with Crippen molar-refractivity contribution in [2.24, 2.45) is 5.16 Å². The van der Waals surface area contributed by atoms with E-state index in [1.165, 1.54) is 30.5 Å². The van der Waals surface area contributed by atoms with E-state index < -0.39 is 5.97 Å². The standard InChI is InChI=1S/C17H11ClN2O3/c18-16-13(9-12-3-1-2-4-15(12)20-16)10-19-23-17(22)11-5-7-14(21)8-6-11/h1-10,21H/b19-10+. The average Bonchev–Trinajstić information content (AvgIpc) is 2.56. The van der Waals surface area contributed by atoms with Crippen molar-refractivity contribution in [3.8, 4) is 5.75 Å². The molecule has 1 heterocycles. The zero-order valence-corrected chi connectivity index (χ0v) is 12.6. The average molecular weight is 327 g/mol. The number of carbonyl (C=O) groups is 1. The Labute approximate surface area is 136 Å². The molecule has 2 aromatic carbocycles. The summed E-state index contributed by atoms with van der Waals surface area (Å²) in [5, 5.41) is 14.0. The molecule has 1 aromatic heterocycles. The number of carbonyl (C=O) groups excluding carboxylic acids is 1. The Morgan fingerprint density at radius 3 is 2.70 bits per heavy atom. The summed E-state index contributed by atoms with van der Waals surface area (Å²) in [6.07, 6.45) is 1.33. The summed E-state index contributed by atoms with van der Waals surface area (Å²) in [4.78, 5) is 20.8. The summed E-state index contributed by atoms with van der Waals surface area (Å²) >= 11 is 6.08. The minimum atomic E-state index is -0.633. The molecule has 0 bridgehead atoms. The van der Waals surface area contributed by atoms with Crippen molar-refractivity contribution in [3.63, 3.8) is 0 Å². The molecule has 0 saturated heterocycles. The minimum absolute atomic E-state index is 0.0686. The Balaban J connectivity index is 1.76. The van der Waals surface area contributed by atoms with Crippen LogP contribution in [0.5, 0.6) is 5.75 Å². The number of fused-ring (bicyclic) bond motifs is 1. The number of aromatic hydroxyl groups is 1. The Hall–Kier alpha value is -2.92. The molecule has 0 amide bonds. The van der Waals surface area contributed by atoms with Gasteiger partial charge in [-0.15, -0.1) is 0 Å². The first-order chi connectivity index (χ1) is 11.1. The predicted octanol–water partition coefficient (Wildman–Crippen LogP) is 3.78. The zero-order chi connectivity index (χ0) is 16.2. The van der Waals surface area contributed by atoms with Gasteiger partial charge < -0.3 is 9.94 Å². The van der Waals surface area contributed by atoms with E-state index in [0.29, 0.717) is 5.56 Å². The number of phenolic OH excluding ortho intramolecular Hbond substituents is 1. The van der Waals surface area contributed by atoms with Crippen molar-refractivity contribution < 1.29 is 14.7 Å². The lowest BCUT2D eigenvalue weighted by Crippen LogP contribution is -2.00. The molecule has 3 aromatic rings. The molecular weight excluding hydrogens is 316 g/mol. The number of oxime groups is 1. The molecule has 0 aliphatic rings. The highest BCUT2D eigenvalue weighted by Gasteiger charge is 2.07. The second kappa shape index (κ2) is 6.46. The van der Waals surface area contributed by atoms with Gasteiger partial charge in [-0.1, -0.05) is 35.0 Å². The number of nitrogens with zero attached hydrogens (tertiary/aromatic N) is 2. The Bertz CT molecular complexity index is 892. The molecule has 5 nitrogen and oxygen atoms in total. The van der Waals surface area contributed by atoms with Crippen molar-refractivity contribution in [3.05, 3.63) is 70.9 Å². The highest BCUT2D eigenvalue weighted by molar-refractivity contribution is 6.32. The summed E-state index contributed by atoms with van der Waals surface area (Å²) in [7, 11) is 0. The number of phenols is 1. The maximum absolute atomic E-state index is 11.8. The highest BCUT2D eigenvalue weighted by atomic mass is 35.5. The van der Waals surface area contributed by atoms with Crippen LogP contribution in [-0.2, 0) is 4.84 Å². The van der Waals surface area contributed by atoms with E-state index in [1.807, 2.05) is 30.3 Å². The van der Waals surface area contributed by atoms with Gasteiger partial charge in [0.1, 0.15) is 10.9 Å². The Morgan fingerprint density at radius 1 is 1.17 bits per heavy atom. The summed E-state index contributed by atoms with van der Waals surface area (Å²) in [5.41, 5.74) is 1.60. The number of halogens is 1. The third-order valence-electron chi connectivity index (χ3n) is 3.13. The van der Waals surface area contributed by atoms with Gasteiger partial charge in [0.05, 0.1) is 17.3 Å². The third kappa shape index (κ3) is 3.46. The van der Waals surface area contributed by atoms with Crippen LogP contribution in [0.15, 0.2) is 59.8 Å². The molecular formula is C17H11ClN2O3. The normalized spacial score (nSPS) is 11.0. The minimum Gasteiger partial charge on any atom is -0.508 e. The van der Waals surface area contributed by atoms with Gasteiger partial charge in [0, 0.05) is 10.9 Å². The van der Waals surface area contributed by atoms with E-state index in [2.05, 4.69) is 10.1 Å². The van der Waals surface area contributed by atoms with Gasteiger partial charge in [0.15, 0.2) is 0 Å². The van der Waals surface area contributed by atoms with Crippen molar-refractivity contribution in [1.82, 2.24) is 4.98 Å². The van der Waals surface area contributed by atoms with Crippen molar-refractivity contribution in [2.75, 3.05) is 0 Å². The fraction of sp³-hybridized carbons (Fsp3) is 0. The van der Waals surface area contributed by atoms with Gasteiger partial charge in [-0.25, -0.2) is 9.78 Å². The van der Waals surface area contributed by atoms with Gasteiger partial charge >= 0.3 is 5.97 Å². The first kappa shape index (κ1) is 15.0. The zero-order valence-electron chi connectivity index (χ0n) is 11.8. The van der Waals surface area contributed by atoms with Crippen LogP contribution in [-0.4, -0.2) is 22.3 Å². The number of benzene rings is 2. The molecule has 0 aliphatic carbocycles. The van der Waals surface area contributed by atoms with Gasteiger partial charge in [-0.2, -0.15) is 0 Å². The monoisotopic (exact) mass is 326 g/mol. The number of rotatable bonds is 3. The van der Waals surface area contributed by atoms with Crippen LogP contribution in [0.25, 0.3) is 10.9 Å². The summed E-state index contributed by atoms with van der Waals surface area (Å²) in [5.74, 6) is -0.565. The van der Waals surface area contributed by atoms with Crippen LogP contribution in [0.1, 0.15) is 15.9 Å². The number of pyridine rings is 1. The second-order valence-electron chi connectivity index (χ2n) is 4.72. The van der Waals surface area contributed by atoms with Gasteiger partial charge in [0.25, 0.3) is 0 Å². The number of para-hydroxylation sites is 1. The maximum atomic E-state index is 11.8. The van der Waals surface area contributed by atoms with Gasteiger partial charge in [0.2, 0.25) is 0 Å².